The Morgan fingerprint density at radius 2 is 1.80 bits per heavy atom. The van der Waals surface area contributed by atoms with E-state index in [-0.39, 0.29) is 23.9 Å². The Labute approximate surface area is 155 Å². The van der Waals surface area contributed by atoms with Crippen LogP contribution in [0, 0.1) is 0 Å². The number of amides is 1. The molecule has 0 aliphatic carbocycles. The summed E-state index contributed by atoms with van der Waals surface area (Å²) in [5.41, 5.74) is 3.42. The highest BCUT2D eigenvalue weighted by Gasteiger charge is 2.21. The second kappa shape index (κ2) is 8.02. The number of hydrogen-bond donors (Lipinski definition) is 1. The molecule has 1 amide bonds. The van der Waals surface area contributed by atoms with Crippen molar-refractivity contribution in [2.75, 3.05) is 11.4 Å². The van der Waals surface area contributed by atoms with Crippen molar-refractivity contribution >= 4 is 24.0 Å². The molecule has 1 N–H and O–H groups in total. The summed E-state index contributed by atoms with van der Waals surface area (Å²) in [6, 6.07) is 8.26. The van der Waals surface area contributed by atoms with E-state index in [4.69, 9.17) is 0 Å². The lowest BCUT2D eigenvalue weighted by Crippen LogP contribution is -2.23. The summed E-state index contributed by atoms with van der Waals surface area (Å²) in [6.07, 6.45) is 5.64. The van der Waals surface area contributed by atoms with Crippen LogP contribution in [0.5, 0.6) is 0 Å². The normalized spacial score (nSPS) is 14.7. The highest BCUT2D eigenvalue weighted by molar-refractivity contribution is 5.95. The number of hydrogen-bond acceptors (Lipinski definition) is 3. The van der Waals surface area contributed by atoms with Gasteiger partial charge in [-0.2, -0.15) is 5.10 Å². The lowest BCUT2D eigenvalue weighted by Gasteiger charge is -2.18. The molecule has 1 fully saturated rings. The second-order valence-electron chi connectivity index (χ2n) is 7.38. The Balaban J connectivity index is 0.00000225. The van der Waals surface area contributed by atoms with Crippen LogP contribution >= 0.6 is 12.4 Å². The summed E-state index contributed by atoms with van der Waals surface area (Å²) in [5, 5.41) is 7.86. The van der Waals surface area contributed by atoms with Crippen molar-refractivity contribution in [1.29, 1.82) is 0 Å². The number of carbonyl (C=O) groups is 1. The van der Waals surface area contributed by atoms with Crippen molar-refractivity contribution < 1.29 is 4.79 Å². The van der Waals surface area contributed by atoms with Gasteiger partial charge in [-0.3, -0.25) is 9.48 Å². The van der Waals surface area contributed by atoms with Gasteiger partial charge in [-0.25, -0.2) is 0 Å². The third-order valence-electron chi connectivity index (χ3n) is 4.30. The Hall–Kier alpha value is -1.85. The molecule has 3 rings (SSSR count). The molecule has 1 aliphatic heterocycles. The van der Waals surface area contributed by atoms with Gasteiger partial charge in [0, 0.05) is 43.5 Å². The fourth-order valence-corrected chi connectivity index (χ4v) is 2.88. The number of nitrogens with one attached hydrogen (secondary N) is 1. The molecule has 2 heterocycles. The van der Waals surface area contributed by atoms with Crippen molar-refractivity contribution in [3.63, 3.8) is 0 Å². The Morgan fingerprint density at radius 3 is 2.36 bits per heavy atom. The average molecular weight is 363 g/mol. The van der Waals surface area contributed by atoms with E-state index in [0.29, 0.717) is 6.42 Å². The topological polar surface area (TPSA) is 50.2 Å². The third kappa shape index (κ3) is 4.83. The molecule has 1 saturated heterocycles. The number of nitrogens with zero attached hydrogens (tertiary/aromatic N) is 3. The molecule has 1 aromatic carbocycles. The Kier molecular flexibility index (Phi) is 6.25. The zero-order valence-electron chi connectivity index (χ0n) is 15.2. The van der Waals surface area contributed by atoms with Crippen LogP contribution in [0.2, 0.25) is 0 Å². The lowest BCUT2D eigenvalue weighted by molar-refractivity contribution is -0.117. The largest absolute Gasteiger partial charge is 0.312 e. The van der Waals surface area contributed by atoms with Crippen LogP contribution in [0.4, 0.5) is 5.69 Å². The van der Waals surface area contributed by atoms with Gasteiger partial charge >= 0.3 is 0 Å². The zero-order chi connectivity index (χ0) is 17.2. The predicted octanol–water partition coefficient (Wildman–Crippen LogP) is 3.48. The summed E-state index contributed by atoms with van der Waals surface area (Å²) < 4.78 is 1.99. The van der Waals surface area contributed by atoms with Crippen molar-refractivity contribution in [3.8, 4) is 0 Å². The fraction of sp³-hybridized carbons (Fsp3) is 0.474. The van der Waals surface area contributed by atoms with Gasteiger partial charge in [0.05, 0.1) is 11.7 Å². The fourth-order valence-electron chi connectivity index (χ4n) is 2.88. The van der Waals surface area contributed by atoms with Crippen molar-refractivity contribution in [2.24, 2.45) is 0 Å². The van der Waals surface area contributed by atoms with Crippen LogP contribution in [0.3, 0.4) is 0 Å². The summed E-state index contributed by atoms with van der Waals surface area (Å²) in [4.78, 5) is 13.6. The number of anilines is 1. The Morgan fingerprint density at radius 1 is 1.12 bits per heavy atom. The van der Waals surface area contributed by atoms with Gasteiger partial charge in [0.25, 0.3) is 0 Å². The number of aromatic nitrogens is 2. The molecule has 0 radical (unpaired) electrons. The van der Waals surface area contributed by atoms with E-state index in [0.717, 1.165) is 31.7 Å². The molecule has 0 atom stereocenters. The van der Waals surface area contributed by atoms with Crippen molar-refractivity contribution in [3.05, 3.63) is 47.8 Å². The van der Waals surface area contributed by atoms with Crippen LogP contribution in [0.15, 0.2) is 36.7 Å². The minimum atomic E-state index is 0. The standard InChI is InChI=1S/C19H26N4O.ClH/c1-19(2,3)23-14-16(13-21-23)12-20-11-15-6-8-17(9-7-15)22-10-4-5-18(22)24;/h6-9,13-14,20H,4-5,10-12H2,1-3H3;1H. The van der Waals surface area contributed by atoms with E-state index in [1.165, 1.54) is 11.1 Å². The second-order valence-corrected chi connectivity index (χ2v) is 7.38. The monoisotopic (exact) mass is 362 g/mol. The molecular weight excluding hydrogens is 336 g/mol. The molecule has 1 aromatic heterocycles. The van der Waals surface area contributed by atoms with E-state index in [9.17, 15) is 4.79 Å². The van der Waals surface area contributed by atoms with Crippen LogP contribution in [-0.2, 0) is 23.4 Å². The lowest BCUT2D eigenvalue weighted by atomic mass is 10.1. The van der Waals surface area contributed by atoms with Gasteiger partial charge < -0.3 is 10.2 Å². The van der Waals surface area contributed by atoms with Gasteiger partial charge in [-0.05, 0) is 44.9 Å². The van der Waals surface area contributed by atoms with Crippen LogP contribution in [0.25, 0.3) is 0 Å². The maximum atomic E-state index is 11.8. The summed E-state index contributed by atoms with van der Waals surface area (Å²) in [7, 11) is 0. The van der Waals surface area contributed by atoms with E-state index >= 15 is 0 Å². The zero-order valence-corrected chi connectivity index (χ0v) is 16.0. The SMILES string of the molecule is CC(C)(C)n1cc(CNCc2ccc(N3CCCC3=O)cc2)cn1.Cl. The predicted molar refractivity (Wildman–Crippen MR) is 103 cm³/mol. The van der Waals surface area contributed by atoms with Crippen LogP contribution in [-0.4, -0.2) is 22.2 Å². The molecular formula is C19H27ClN4O. The molecule has 0 saturated carbocycles. The molecule has 0 spiro atoms. The molecule has 1 aliphatic rings. The van der Waals surface area contributed by atoms with E-state index < -0.39 is 0 Å². The van der Waals surface area contributed by atoms with Gasteiger partial charge in [0.15, 0.2) is 0 Å². The van der Waals surface area contributed by atoms with Crippen molar-refractivity contribution in [2.45, 2.75) is 52.2 Å². The molecule has 0 bridgehead atoms. The first-order chi connectivity index (χ1) is 11.4. The third-order valence-corrected chi connectivity index (χ3v) is 4.30. The minimum absolute atomic E-state index is 0. The molecule has 5 nitrogen and oxygen atoms in total. The first kappa shape index (κ1) is 19.5. The average Bonchev–Trinajstić information content (AvgIpc) is 3.17. The summed E-state index contributed by atoms with van der Waals surface area (Å²) in [6.45, 7) is 8.86. The quantitative estimate of drug-likeness (QED) is 0.885. The molecule has 2 aromatic rings. The Bertz CT molecular complexity index is 703. The minimum Gasteiger partial charge on any atom is -0.312 e. The van der Waals surface area contributed by atoms with Crippen LogP contribution < -0.4 is 10.2 Å². The maximum Gasteiger partial charge on any atom is 0.227 e. The molecule has 0 unspecified atom stereocenters. The number of carbonyl (C=O) groups excluding carboxylic acids is 1. The first-order valence-corrected chi connectivity index (χ1v) is 8.57. The summed E-state index contributed by atoms with van der Waals surface area (Å²) >= 11 is 0. The molecule has 136 valence electrons. The van der Waals surface area contributed by atoms with Gasteiger partial charge in [-0.1, -0.05) is 12.1 Å². The van der Waals surface area contributed by atoms with Gasteiger partial charge in [0.1, 0.15) is 0 Å². The summed E-state index contributed by atoms with van der Waals surface area (Å²) in [5.74, 6) is 0.233. The van der Waals surface area contributed by atoms with Gasteiger partial charge in [-0.15, -0.1) is 12.4 Å². The molecule has 25 heavy (non-hydrogen) atoms. The molecule has 6 heteroatoms. The maximum absolute atomic E-state index is 11.8. The number of rotatable bonds is 5. The van der Waals surface area contributed by atoms with E-state index in [1.807, 2.05) is 27.9 Å². The number of halogens is 1. The number of benzene rings is 1. The van der Waals surface area contributed by atoms with Crippen molar-refractivity contribution in [1.82, 2.24) is 15.1 Å². The van der Waals surface area contributed by atoms with E-state index in [2.05, 4.69) is 49.5 Å². The van der Waals surface area contributed by atoms with Crippen LogP contribution in [0.1, 0.15) is 44.7 Å². The highest BCUT2D eigenvalue weighted by atomic mass is 35.5. The first-order valence-electron chi connectivity index (χ1n) is 8.57. The van der Waals surface area contributed by atoms with E-state index in [1.54, 1.807) is 0 Å². The van der Waals surface area contributed by atoms with Gasteiger partial charge in [0.2, 0.25) is 5.91 Å². The highest BCUT2D eigenvalue weighted by Crippen LogP contribution is 2.21. The smallest absolute Gasteiger partial charge is 0.227 e.